The number of carbonyl (C=O) groups excluding carboxylic acids is 3. The molecule has 4 atom stereocenters. The summed E-state index contributed by atoms with van der Waals surface area (Å²) in [5.74, 6) is -1.04. The fraction of sp³-hybridized carbons (Fsp3) is 0.556. The van der Waals surface area contributed by atoms with Gasteiger partial charge in [0.15, 0.2) is 10.9 Å². The lowest BCUT2D eigenvalue weighted by molar-refractivity contribution is -0.138. The highest BCUT2D eigenvalue weighted by Gasteiger charge is 2.53. The Balaban J connectivity index is 1.26. The minimum atomic E-state index is -1.42. The molecule has 0 spiro atoms. The zero-order chi connectivity index (χ0) is 27.0. The number of anilines is 1. The van der Waals surface area contributed by atoms with Crippen LogP contribution >= 0.6 is 11.3 Å². The van der Waals surface area contributed by atoms with Crippen molar-refractivity contribution in [1.82, 2.24) is 20.1 Å². The van der Waals surface area contributed by atoms with Crippen LogP contribution in [0.4, 0.5) is 9.52 Å². The van der Waals surface area contributed by atoms with E-state index in [4.69, 9.17) is 9.72 Å². The molecule has 11 heteroatoms. The summed E-state index contributed by atoms with van der Waals surface area (Å²) in [5, 5.41) is 5.85. The van der Waals surface area contributed by atoms with Gasteiger partial charge >= 0.3 is 0 Å². The fourth-order valence-corrected chi connectivity index (χ4v) is 6.18. The molecule has 0 bridgehead atoms. The van der Waals surface area contributed by atoms with Gasteiger partial charge in [-0.15, -0.1) is 11.3 Å². The summed E-state index contributed by atoms with van der Waals surface area (Å²) in [5.41, 5.74) is 2.18. The number of amides is 2. The van der Waals surface area contributed by atoms with Crippen LogP contribution in [0.15, 0.2) is 29.6 Å². The number of carbonyl (C=O) groups is 3. The number of hydrogen-bond donors (Lipinski definition) is 1. The van der Waals surface area contributed by atoms with Gasteiger partial charge in [-0.3, -0.25) is 14.4 Å². The van der Waals surface area contributed by atoms with Crippen molar-refractivity contribution < 1.29 is 23.5 Å². The van der Waals surface area contributed by atoms with Crippen molar-refractivity contribution in [2.75, 3.05) is 51.3 Å². The molecule has 3 aliphatic heterocycles. The number of nitrogens with one attached hydrogen (secondary N) is 1. The van der Waals surface area contributed by atoms with Crippen LogP contribution in [-0.4, -0.2) is 103 Å². The van der Waals surface area contributed by atoms with E-state index in [9.17, 15) is 18.8 Å². The Bertz CT molecular complexity index is 1180. The van der Waals surface area contributed by atoms with Crippen molar-refractivity contribution in [3.05, 3.63) is 35.2 Å². The average molecular weight is 544 g/mol. The molecule has 0 radical (unpaired) electrons. The quantitative estimate of drug-likeness (QED) is 0.572. The minimum Gasteiger partial charge on any atom is -0.365 e. The van der Waals surface area contributed by atoms with Crippen LogP contribution in [0.1, 0.15) is 30.6 Å². The topological polar surface area (TPSA) is 95.1 Å². The van der Waals surface area contributed by atoms with Gasteiger partial charge in [-0.1, -0.05) is 26.0 Å². The second-order valence-electron chi connectivity index (χ2n) is 10.7. The number of aromatic nitrogens is 1. The maximum Gasteiger partial charge on any atom is 0.251 e. The van der Waals surface area contributed by atoms with Crippen molar-refractivity contribution in [2.24, 2.45) is 5.92 Å². The maximum absolute atomic E-state index is 14.4. The first-order valence-electron chi connectivity index (χ1n) is 13.1. The highest BCUT2D eigenvalue weighted by molar-refractivity contribution is 7.14. The van der Waals surface area contributed by atoms with E-state index in [1.54, 1.807) is 23.5 Å². The molecule has 2 aromatic rings. The number of likely N-dealkylation sites (N-methyl/N-ethyl adjacent to an activating group) is 1. The molecule has 0 aliphatic carbocycles. The molecule has 3 saturated heterocycles. The number of rotatable bonds is 7. The fourth-order valence-electron chi connectivity index (χ4n) is 5.29. The van der Waals surface area contributed by atoms with E-state index >= 15 is 0 Å². The zero-order valence-corrected chi connectivity index (χ0v) is 22.7. The molecule has 2 amide bonds. The summed E-state index contributed by atoms with van der Waals surface area (Å²) >= 11 is 1.61. The highest BCUT2D eigenvalue weighted by Crippen LogP contribution is 2.31. The standard InChI is InChI=1S/C27H34FN5O4S/c1-16(2)12-20(26(36)33-13-19(28)24-23(33)22(34)14-37-24)29-25(35)18-6-4-17(5-7-18)21-15-38-27(30-21)32-10-8-31(3)9-11-32/h4-7,15-16,19-20,23-24H,8-14H2,1-3H3,(H,29,35)/t19-,20?,23?,24+/m0/s1. The number of fused-ring (bicyclic) bond motifs is 1. The molecule has 4 heterocycles. The number of benzene rings is 1. The van der Waals surface area contributed by atoms with Crippen LogP contribution < -0.4 is 10.2 Å². The number of alkyl halides is 1. The molecule has 1 aromatic carbocycles. The monoisotopic (exact) mass is 543 g/mol. The number of hydrogen-bond acceptors (Lipinski definition) is 8. The Hall–Kier alpha value is -2.89. The van der Waals surface area contributed by atoms with Gasteiger partial charge in [0.2, 0.25) is 5.91 Å². The number of nitrogens with zero attached hydrogens (tertiary/aromatic N) is 4. The molecule has 3 fully saturated rings. The van der Waals surface area contributed by atoms with Gasteiger partial charge in [-0.05, 0) is 31.5 Å². The minimum absolute atomic E-state index is 0.0980. The van der Waals surface area contributed by atoms with Gasteiger partial charge < -0.3 is 24.8 Å². The first-order chi connectivity index (χ1) is 18.2. The van der Waals surface area contributed by atoms with Crippen molar-refractivity contribution >= 4 is 34.1 Å². The van der Waals surface area contributed by atoms with Gasteiger partial charge in [-0.25, -0.2) is 9.37 Å². The Morgan fingerprint density at radius 1 is 1.18 bits per heavy atom. The van der Waals surface area contributed by atoms with Gasteiger partial charge in [0, 0.05) is 42.7 Å². The third-order valence-electron chi connectivity index (χ3n) is 7.42. The summed E-state index contributed by atoms with van der Waals surface area (Å²) < 4.78 is 19.7. The molecular formula is C27H34FN5O4S. The van der Waals surface area contributed by atoms with Gasteiger partial charge in [0.25, 0.3) is 5.91 Å². The molecule has 38 heavy (non-hydrogen) atoms. The van der Waals surface area contributed by atoms with Gasteiger partial charge in [0.05, 0.1) is 12.2 Å². The summed E-state index contributed by atoms with van der Waals surface area (Å²) in [7, 11) is 2.12. The largest absolute Gasteiger partial charge is 0.365 e. The second kappa shape index (κ2) is 11.1. The van der Waals surface area contributed by atoms with E-state index < -0.39 is 36.2 Å². The van der Waals surface area contributed by atoms with E-state index in [-0.39, 0.29) is 24.9 Å². The maximum atomic E-state index is 14.4. The number of halogens is 1. The number of thiazole rings is 1. The van der Waals surface area contributed by atoms with Crippen LogP contribution in [0.2, 0.25) is 0 Å². The molecule has 0 saturated carbocycles. The molecule has 3 aliphatic rings. The van der Waals surface area contributed by atoms with Gasteiger partial charge in [-0.2, -0.15) is 0 Å². The Morgan fingerprint density at radius 3 is 2.58 bits per heavy atom. The van der Waals surface area contributed by atoms with E-state index in [1.165, 1.54) is 4.90 Å². The zero-order valence-electron chi connectivity index (χ0n) is 21.9. The van der Waals surface area contributed by atoms with Crippen LogP contribution in [0.3, 0.4) is 0 Å². The molecular weight excluding hydrogens is 509 g/mol. The third kappa shape index (κ3) is 5.45. The lowest BCUT2D eigenvalue weighted by Crippen LogP contribution is -2.52. The van der Waals surface area contributed by atoms with E-state index in [0.29, 0.717) is 12.0 Å². The number of likely N-dealkylation sites (tertiary alicyclic amines) is 1. The Kier molecular flexibility index (Phi) is 7.78. The van der Waals surface area contributed by atoms with Crippen LogP contribution in [0.25, 0.3) is 11.3 Å². The predicted octanol–water partition coefficient (Wildman–Crippen LogP) is 2.22. The van der Waals surface area contributed by atoms with Crippen LogP contribution in [-0.2, 0) is 14.3 Å². The van der Waals surface area contributed by atoms with E-state index in [2.05, 4.69) is 22.2 Å². The SMILES string of the molecule is CC(C)CC(NC(=O)c1ccc(-c2csc(N3CCN(C)CC3)n2)cc1)C(=O)N1C[C@H](F)[C@H]2OCC(=O)C21. The summed E-state index contributed by atoms with van der Waals surface area (Å²) in [6.07, 6.45) is -1.96. The normalized spacial score (nSPS) is 24.7. The van der Waals surface area contributed by atoms with Crippen molar-refractivity contribution in [2.45, 2.75) is 44.6 Å². The first-order valence-corrected chi connectivity index (χ1v) is 14.0. The third-order valence-corrected chi connectivity index (χ3v) is 8.33. The van der Waals surface area contributed by atoms with E-state index in [1.807, 2.05) is 31.4 Å². The molecule has 1 N–H and O–H groups in total. The van der Waals surface area contributed by atoms with Crippen molar-refractivity contribution in [3.8, 4) is 11.3 Å². The molecule has 2 unspecified atom stereocenters. The second-order valence-corrected chi connectivity index (χ2v) is 11.6. The summed E-state index contributed by atoms with van der Waals surface area (Å²) in [6, 6.07) is 5.35. The first kappa shape index (κ1) is 26.7. The lowest BCUT2D eigenvalue weighted by Gasteiger charge is -2.32. The predicted molar refractivity (Wildman–Crippen MR) is 143 cm³/mol. The number of Topliss-reactive ketones (excluding diaryl/α,β-unsaturated/α-hetero) is 1. The lowest BCUT2D eigenvalue weighted by atomic mass is 10.0. The van der Waals surface area contributed by atoms with Crippen molar-refractivity contribution in [3.63, 3.8) is 0 Å². The molecule has 5 rings (SSSR count). The number of piperazine rings is 1. The van der Waals surface area contributed by atoms with E-state index in [0.717, 1.165) is 42.6 Å². The summed E-state index contributed by atoms with van der Waals surface area (Å²) in [6.45, 7) is 7.41. The molecule has 1 aromatic heterocycles. The smallest absolute Gasteiger partial charge is 0.251 e. The molecule has 9 nitrogen and oxygen atoms in total. The highest BCUT2D eigenvalue weighted by atomic mass is 32.1. The Labute approximate surface area is 225 Å². The summed E-state index contributed by atoms with van der Waals surface area (Å²) in [4.78, 5) is 49.4. The van der Waals surface area contributed by atoms with Gasteiger partial charge in [0.1, 0.15) is 31.0 Å². The number of ketones is 1. The van der Waals surface area contributed by atoms with Crippen molar-refractivity contribution in [1.29, 1.82) is 0 Å². The average Bonchev–Trinajstić information content (AvgIpc) is 3.62. The molecule has 204 valence electrons. The van der Waals surface area contributed by atoms with Crippen LogP contribution in [0, 0.1) is 5.92 Å². The Morgan fingerprint density at radius 2 is 1.89 bits per heavy atom. The number of ether oxygens (including phenoxy) is 1. The van der Waals surface area contributed by atoms with Crippen LogP contribution in [0.5, 0.6) is 0 Å².